The molecule has 0 bridgehead atoms. The average Bonchev–Trinajstić information content (AvgIpc) is 2.13. The Kier molecular flexibility index (Phi) is 2.69. The summed E-state index contributed by atoms with van der Waals surface area (Å²) in [5, 5.41) is 11.8. The predicted octanol–water partition coefficient (Wildman–Crippen LogP) is 2.77. The van der Waals surface area contributed by atoms with Crippen LogP contribution in [0.4, 0.5) is 10.1 Å². The monoisotopic (exact) mass is 195 g/mol. The van der Waals surface area contributed by atoms with Crippen LogP contribution in [0.2, 0.25) is 0 Å². The van der Waals surface area contributed by atoms with Crippen molar-refractivity contribution in [2.45, 2.75) is 6.92 Å². The first-order valence-corrected chi connectivity index (χ1v) is 3.65. The molecule has 1 aromatic carbocycles. The van der Waals surface area contributed by atoms with Crippen LogP contribution in [0.15, 0.2) is 17.2 Å². The number of carboxylic acid groups (broad SMARTS) is 1. The Bertz CT molecular complexity index is 411. The summed E-state index contributed by atoms with van der Waals surface area (Å²) in [5.41, 5.74) is 7.82. The Hall–Kier alpha value is -2.07. The van der Waals surface area contributed by atoms with E-state index in [-0.39, 0.29) is 11.3 Å². The van der Waals surface area contributed by atoms with Crippen LogP contribution in [0.3, 0.4) is 0 Å². The Morgan fingerprint density at radius 1 is 1.64 bits per heavy atom. The number of hydrogen-bond donors (Lipinski definition) is 1. The topological polar surface area (TPSA) is 86.1 Å². The molecule has 0 spiro atoms. The predicted molar refractivity (Wildman–Crippen MR) is 46.9 cm³/mol. The van der Waals surface area contributed by atoms with E-state index in [1.165, 1.54) is 13.0 Å². The van der Waals surface area contributed by atoms with Crippen molar-refractivity contribution in [1.29, 1.82) is 0 Å². The average molecular weight is 195 g/mol. The highest BCUT2D eigenvalue weighted by atomic mass is 19.1. The molecule has 72 valence electrons. The number of carbonyl (C=O) groups is 1. The zero-order chi connectivity index (χ0) is 10.7. The van der Waals surface area contributed by atoms with Crippen molar-refractivity contribution < 1.29 is 14.3 Å². The van der Waals surface area contributed by atoms with E-state index < -0.39 is 17.3 Å². The lowest BCUT2D eigenvalue weighted by Gasteiger charge is -2.03. The van der Waals surface area contributed by atoms with Crippen molar-refractivity contribution in [1.82, 2.24) is 0 Å². The maximum Gasteiger partial charge on any atom is 0.338 e. The number of nitrogens with zero attached hydrogens (tertiary/aromatic N) is 3. The van der Waals surface area contributed by atoms with E-state index in [1.54, 1.807) is 0 Å². The molecule has 0 saturated carbocycles. The minimum atomic E-state index is -1.35. The number of aromatic carboxylic acids is 1. The summed E-state index contributed by atoms with van der Waals surface area (Å²) in [6.45, 7) is 1.35. The summed E-state index contributed by atoms with van der Waals surface area (Å²) in [6, 6.07) is 2.33. The lowest BCUT2D eigenvalue weighted by Crippen LogP contribution is -2.01. The second kappa shape index (κ2) is 3.76. The van der Waals surface area contributed by atoms with Crippen molar-refractivity contribution in [3.05, 3.63) is 39.5 Å². The van der Waals surface area contributed by atoms with Gasteiger partial charge in [-0.25, -0.2) is 9.18 Å². The molecule has 1 N–H and O–H groups in total. The zero-order valence-corrected chi connectivity index (χ0v) is 7.23. The number of carboxylic acids is 1. The van der Waals surface area contributed by atoms with E-state index in [2.05, 4.69) is 10.0 Å². The summed E-state index contributed by atoms with van der Waals surface area (Å²) in [6.07, 6.45) is 0. The van der Waals surface area contributed by atoms with Gasteiger partial charge in [-0.1, -0.05) is 11.2 Å². The number of rotatable bonds is 2. The number of azide groups is 1. The Morgan fingerprint density at radius 3 is 2.79 bits per heavy atom. The van der Waals surface area contributed by atoms with Crippen LogP contribution < -0.4 is 0 Å². The Morgan fingerprint density at radius 2 is 2.29 bits per heavy atom. The third kappa shape index (κ3) is 1.65. The molecule has 1 rings (SSSR count). The molecule has 1 aromatic rings. The van der Waals surface area contributed by atoms with E-state index >= 15 is 0 Å². The summed E-state index contributed by atoms with van der Waals surface area (Å²) in [5.74, 6) is -2.22. The summed E-state index contributed by atoms with van der Waals surface area (Å²) < 4.78 is 13.3. The van der Waals surface area contributed by atoms with Gasteiger partial charge in [0, 0.05) is 10.6 Å². The van der Waals surface area contributed by atoms with E-state index in [4.69, 9.17) is 10.6 Å². The number of hydrogen-bond acceptors (Lipinski definition) is 2. The summed E-state index contributed by atoms with van der Waals surface area (Å²) in [7, 11) is 0. The minimum Gasteiger partial charge on any atom is -0.478 e. The first kappa shape index (κ1) is 10.0. The van der Waals surface area contributed by atoms with E-state index in [9.17, 15) is 9.18 Å². The van der Waals surface area contributed by atoms with Crippen molar-refractivity contribution in [2.24, 2.45) is 5.11 Å². The second-order valence-corrected chi connectivity index (χ2v) is 2.57. The number of benzene rings is 1. The van der Waals surface area contributed by atoms with Gasteiger partial charge in [-0.2, -0.15) is 0 Å². The fraction of sp³-hybridized carbons (Fsp3) is 0.125. The highest BCUT2D eigenvalue weighted by molar-refractivity contribution is 5.88. The fourth-order valence-electron chi connectivity index (χ4n) is 0.997. The molecule has 0 radical (unpaired) electrons. The van der Waals surface area contributed by atoms with E-state index in [0.29, 0.717) is 0 Å². The second-order valence-electron chi connectivity index (χ2n) is 2.57. The molecular weight excluding hydrogens is 189 g/mol. The van der Waals surface area contributed by atoms with Crippen molar-refractivity contribution in [3.8, 4) is 0 Å². The molecule has 0 aliphatic rings. The first-order chi connectivity index (χ1) is 6.57. The van der Waals surface area contributed by atoms with E-state index in [0.717, 1.165) is 6.07 Å². The van der Waals surface area contributed by atoms with Crippen LogP contribution in [0.25, 0.3) is 10.4 Å². The van der Waals surface area contributed by atoms with Gasteiger partial charge in [0.2, 0.25) is 0 Å². The fourth-order valence-corrected chi connectivity index (χ4v) is 0.997. The molecule has 14 heavy (non-hydrogen) atoms. The molecule has 0 heterocycles. The van der Waals surface area contributed by atoms with Gasteiger partial charge in [0.15, 0.2) is 0 Å². The first-order valence-electron chi connectivity index (χ1n) is 3.65. The molecule has 0 aliphatic carbocycles. The van der Waals surface area contributed by atoms with Gasteiger partial charge < -0.3 is 5.11 Å². The highest BCUT2D eigenvalue weighted by Gasteiger charge is 2.13. The van der Waals surface area contributed by atoms with Crippen molar-refractivity contribution in [3.63, 3.8) is 0 Å². The van der Waals surface area contributed by atoms with Gasteiger partial charge in [-0.05, 0) is 24.1 Å². The van der Waals surface area contributed by atoms with Crippen molar-refractivity contribution in [2.75, 3.05) is 0 Å². The SMILES string of the molecule is Cc1c(N=[N+]=[N-])ccc(C(=O)O)c1F. The van der Waals surface area contributed by atoms with E-state index in [1.807, 2.05) is 0 Å². The molecule has 0 atom stereocenters. The van der Waals surface area contributed by atoms with Gasteiger partial charge in [0.1, 0.15) is 5.82 Å². The Balaban J connectivity index is 3.40. The van der Waals surface area contributed by atoms with Gasteiger partial charge >= 0.3 is 5.97 Å². The van der Waals surface area contributed by atoms with Gasteiger partial charge in [0.25, 0.3) is 0 Å². The maximum atomic E-state index is 13.3. The largest absolute Gasteiger partial charge is 0.478 e. The minimum absolute atomic E-state index is 0.0303. The molecule has 0 fully saturated rings. The van der Waals surface area contributed by atoms with Gasteiger partial charge in [-0.3, -0.25) is 0 Å². The normalized spacial score (nSPS) is 9.29. The standard InChI is InChI=1S/C8H6FN3O2/c1-4-6(11-12-10)3-2-5(7(4)9)8(13)14/h2-3H,1H3,(H,13,14). The molecule has 0 aliphatic heterocycles. The Labute approximate surface area is 78.4 Å². The quantitative estimate of drug-likeness (QED) is 0.446. The molecule has 5 nitrogen and oxygen atoms in total. The summed E-state index contributed by atoms with van der Waals surface area (Å²) in [4.78, 5) is 13.0. The molecule has 0 aromatic heterocycles. The van der Waals surface area contributed by atoms with Crippen molar-refractivity contribution >= 4 is 11.7 Å². The van der Waals surface area contributed by atoms with Crippen LogP contribution in [0.5, 0.6) is 0 Å². The van der Waals surface area contributed by atoms with Gasteiger partial charge in [0.05, 0.1) is 5.56 Å². The van der Waals surface area contributed by atoms with Crippen LogP contribution in [-0.4, -0.2) is 11.1 Å². The molecule has 6 heteroatoms. The molecule has 0 saturated heterocycles. The van der Waals surface area contributed by atoms with Crippen LogP contribution in [0, 0.1) is 12.7 Å². The third-order valence-corrected chi connectivity index (χ3v) is 1.74. The zero-order valence-electron chi connectivity index (χ0n) is 7.23. The molecular formula is C8H6FN3O2. The smallest absolute Gasteiger partial charge is 0.338 e. The third-order valence-electron chi connectivity index (χ3n) is 1.74. The van der Waals surface area contributed by atoms with Crippen LogP contribution >= 0.6 is 0 Å². The van der Waals surface area contributed by atoms with Gasteiger partial charge in [-0.15, -0.1) is 0 Å². The molecule has 0 unspecified atom stereocenters. The van der Waals surface area contributed by atoms with Crippen LogP contribution in [0.1, 0.15) is 15.9 Å². The summed E-state index contributed by atoms with van der Waals surface area (Å²) >= 11 is 0. The number of halogens is 1. The highest BCUT2D eigenvalue weighted by Crippen LogP contribution is 2.23. The lowest BCUT2D eigenvalue weighted by molar-refractivity contribution is 0.0691. The molecule has 0 amide bonds. The maximum absolute atomic E-state index is 13.3. The lowest BCUT2D eigenvalue weighted by atomic mass is 10.1. The van der Waals surface area contributed by atoms with Crippen LogP contribution in [-0.2, 0) is 0 Å².